The minimum Gasteiger partial charge on any atom is -0.504 e. The number of amides is 2. The second-order valence-electron chi connectivity index (χ2n) is 10.5. The zero-order valence-corrected chi connectivity index (χ0v) is 21.9. The minimum absolute atomic E-state index is 0.0215. The van der Waals surface area contributed by atoms with Crippen LogP contribution in [0.4, 0.5) is 18.9 Å². The van der Waals surface area contributed by atoms with Gasteiger partial charge in [0.25, 0.3) is 0 Å². The number of hydrogen-bond donors (Lipinski definition) is 2. The summed E-state index contributed by atoms with van der Waals surface area (Å²) >= 11 is 2.63. The Hall–Kier alpha value is -3.25. The molecule has 2 amide bonds. The Balaban J connectivity index is 1.31. The first-order valence-electron chi connectivity index (χ1n) is 12.4. The van der Waals surface area contributed by atoms with E-state index >= 15 is 0 Å². The van der Waals surface area contributed by atoms with E-state index in [1.165, 1.54) is 37.1 Å². The van der Waals surface area contributed by atoms with Crippen molar-refractivity contribution >= 4 is 40.6 Å². The number of phenols is 1. The average Bonchev–Trinajstić information content (AvgIpc) is 3.63. The summed E-state index contributed by atoms with van der Waals surface area (Å²) in [5, 5.41) is 10.8. The van der Waals surface area contributed by atoms with E-state index in [0.717, 1.165) is 43.8 Å². The molecule has 0 spiro atoms. The fourth-order valence-electron chi connectivity index (χ4n) is 7.35. The number of carbonyl (C=O) groups is 2. The molecule has 2 aliphatic heterocycles. The predicted octanol–water partition coefficient (Wildman–Crippen LogP) is 4.85. The molecule has 1 aromatic heterocycles. The maximum Gasteiger partial charge on any atom is 0.416 e. The summed E-state index contributed by atoms with van der Waals surface area (Å²) in [5.41, 5.74) is -0.154. The van der Waals surface area contributed by atoms with Crippen molar-refractivity contribution in [3.63, 3.8) is 0 Å². The molecule has 2 bridgehead atoms. The van der Waals surface area contributed by atoms with Crippen LogP contribution in [0.5, 0.6) is 11.5 Å². The number of rotatable bonds is 3. The van der Waals surface area contributed by atoms with Gasteiger partial charge in [-0.3, -0.25) is 19.3 Å². The summed E-state index contributed by atoms with van der Waals surface area (Å²) in [6.45, 7) is 0. The third kappa shape index (κ3) is 3.46. The van der Waals surface area contributed by atoms with Crippen molar-refractivity contribution in [3.8, 4) is 11.5 Å². The Bertz CT molecular complexity index is 1600. The molecule has 0 radical (unpaired) electrons. The molecule has 39 heavy (non-hydrogen) atoms. The van der Waals surface area contributed by atoms with Gasteiger partial charge in [-0.15, -0.1) is 11.8 Å². The molecule has 7 rings (SSSR count). The highest BCUT2D eigenvalue weighted by Crippen LogP contribution is 2.68. The van der Waals surface area contributed by atoms with Gasteiger partial charge in [-0.25, -0.2) is 0 Å². The van der Waals surface area contributed by atoms with Crippen LogP contribution in [-0.2, 0) is 15.8 Å². The molecule has 6 unspecified atom stereocenters. The Morgan fingerprint density at radius 2 is 1.79 bits per heavy atom. The second-order valence-corrected chi connectivity index (χ2v) is 12.7. The summed E-state index contributed by atoms with van der Waals surface area (Å²) in [6, 6.07) is 9.40. The van der Waals surface area contributed by atoms with Gasteiger partial charge in [0, 0.05) is 16.0 Å². The van der Waals surface area contributed by atoms with E-state index in [-0.39, 0.29) is 51.0 Å². The summed E-state index contributed by atoms with van der Waals surface area (Å²) < 4.78 is 45.5. The van der Waals surface area contributed by atoms with Crippen molar-refractivity contribution in [1.82, 2.24) is 4.98 Å². The molecule has 2 N–H and O–H groups in total. The van der Waals surface area contributed by atoms with E-state index in [2.05, 4.69) is 4.98 Å². The van der Waals surface area contributed by atoms with Gasteiger partial charge in [-0.2, -0.15) is 13.2 Å². The molecule has 3 heterocycles. The van der Waals surface area contributed by atoms with E-state index in [1.807, 2.05) is 0 Å². The average molecular weight is 575 g/mol. The quantitative estimate of drug-likeness (QED) is 0.434. The number of nitrogens with zero attached hydrogens (tertiary/aromatic N) is 1. The number of imide groups is 1. The van der Waals surface area contributed by atoms with Gasteiger partial charge in [0.05, 0.1) is 35.2 Å². The predicted molar refractivity (Wildman–Crippen MR) is 137 cm³/mol. The van der Waals surface area contributed by atoms with Crippen LogP contribution in [0.25, 0.3) is 0 Å². The van der Waals surface area contributed by atoms with Gasteiger partial charge in [0.15, 0.2) is 11.5 Å². The van der Waals surface area contributed by atoms with Crippen LogP contribution in [-0.4, -0.2) is 34.3 Å². The fraction of sp³-hybridized carbons (Fsp3) is 0.370. The number of alkyl halides is 3. The third-order valence-electron chi connectivity index (χ3n) is 8.72. The van der Waals surface area contributed by atoms with Crippen LogP contribution in [0.2, 0.25) is 0 Å². The summed E-state index contributed by atoms with van der Waals surface area (Å²) in [6.07, 6.45) is -3.95. The van der Waals surface area contributed by atoms with Crippen molar-refractivity contribution < 1.29 is 32.6 Å². The van der Waals surface area contributed by atoms with Crippen molar-refractivity contribution in [1.29, 1.82) is 0 Å². The lowest BCUT2D eigenvalue weighted by Crippen LogP contribution is -2.42. The second kappa shape index (κ2) is 8.37. The number of aromatic nitrogens is 1. The first-order chi connectivity index (χ1) is 18.6. The number of hydrogen-bond acceptors (Lipinski definition) is 7. The monoisotopic (exact) mass is 574 g/mol. The van der Waals surface area contributed by atoms with Gasteiger partial charge in [-0.1, -0.05) is 23.5 Å². The number of thiazole rings is 1. The van der Waals surface area contributed by atoms with Crippen molar-refractivity contribution in [2.75, 3.05) is 12.0 Å². The zero-order chi connectivity index (χ0) is 27.4. The molecule has 12 heteroatoms. The van der Waals surface area contributed by atoms with Gasteiger partial charge in [0.2, 0.25) is 11.8 Å². The van der Waals surface area contributed by atoms with Crippen molar-refractivity contribution in [2.24, 2.45) is 29.6 Å². The molecule has 202 valence electrons. The van der Waals surface area contributed by atoms with Crippen molar-refractivity contribution in [3.05, 3.63) is 68.1 Å². The summed E-state index contributed by atoms with van der Waals surface area (Å²) in [5.74, 6) is -2.63. The Morgan fingerprint density at radius 1 is 1.05 bits per heavy atom. The maximum atomic E-state index is 13.8. The molecule has 7 nitrogen and oxygen atoms in total. The summed E-state index contributed by atoms with van der Waals surface area (Å²) in [7, 11) is 1.45. The van der Waals surface area contributed by atoms with E-state index in [1.54, 1.807) is 12.1 Å². The van der Waals surface area contributed by atoms with Gasteiger partial charge in [-0.05, 0) is 60.1 Å². The number of benzene rings is 2. The molecular weight excluding hydrogens is 553 g/mol. The number of aromatic amines is 1. The smallest absolute Gasteiger partial charge is 0.416 e. The molecular formula is C27H21F3N2O5S2. The van der Waals surface area contributed by atoms with Crippen LogP contribution in [0.15, 0.2) is 52.3 Å². The number of thioether (sulfide) groups is 1. The number of nitrogens with one attached hydrogen (secondary N) is 1. The number of carbonyl (C=O) groups excluding carboxylic acids is 2. The zero-order valence-electron chi connectivity index (χ0n) is 20.3. The molecule has 2 saturated carbocycles. The lowest BCUT2D eigenvalue weighted by molar-refractivity contribution is -0.137. The highest BCUT2D eigenvalue weighted by molar-refractivity contribution is 8.00. The van der Waals surface area contributed by atoms with Crippen molar-refractivity contribution in [2.45, 2.75) is 28.8 Å². The molecule has 7 atom stereocenters. The lowest BCUT2D eigenvalue weighted by atomic mass is 9.68. The molecule has 4 aliphatic rings. The number of fused-ring (bicyclic) bond motifs is 9. The Morgan fingerprint density at radius 3 is 2.51 bits per heavy atom. The first-order valence-corrected chi connectivity index (χ1v) is 14.1. The maximum absolute atomic E-state index is 13.8. The topological polar surface area (TPSA) is 99.7 Å². The van der Waals surface area contributed by atoms with Crippen LogP contribution >= 0.6 is 23.1 Å². The van der Waals surface area contributed by atoms with Gasteiger partial charge < -0.3 is 14.8 Å². The van der Waals surface area contributed by atoms with Crippen LogP contribution < -0.4 is 14.5 Å². The van der Waals surface area contributed by atoms with Crippen LogP contribution in [0.1, 0.15) is 28.3 Å². The minimum atomic E-state index is -4.60. The van der Waals surface area contributed by atoms with Crippen LogP contribution in [0.3, 0.4) is 0 Å². The number of aromatic hydroxyl groups is 1. The number of halogens is 3. The number of anilines is 1. The highest BCUT2D eigenvalue weighted by Gasteiger charge is 2.69. The molecule has 3 fully saturated rings. The largest absolute Gasteiger partial charge is 0.504 e. The SMILES string of the molecule is COc1cc([C@H]2c3sc(=O)[nH]c3SC3C4CC(C5C(=O)N(c6cccc(C(F)(F)F)c6)C(=O)C45)C32)ccc1O. The van der Waals surface area contributed by atoms with Crippen LogP contribution in [0, 0.1) is 29.6 Å². The first kappa shape index (κ1) is 24.8. The normalized spacial score (nSPS) is 30.9. The number of methoxy groups -OCH3 is 1. The Kier molecular flexibility index (Phi) is 5.32. The Labute approximate surface area is 228 Å². The third-order valence-corrected chi connectivity index (χ3v) is 11.3. The number of H-pyrrole nitrogens is 1. The highest BCUT2D eigenvalue weighted by atomic mass is 32.2. The van der Waals surface area contributed by atoms with E-state index < -0.39 is 35.4 Å². The standard InChI is InChI=1S/C27H21F3N2O5S2/c1-37-16-7-10(5-6-15(16)33)17-18-13-9-14(21(18)38-23-22(17)39-26(36)31-23)20-19(13)24(34)32(25(20)35)12-4-2-3-11(8-12)27(28,29)30/h2-8,13-14,17-21,33H,9H2,1H3,(H,31,36)/t13?,14?,17-,18?,19?,20?,21?/m1/s1. The van der Waals surface area contributed by atoms with Gasteiger partial charge >= 0.3 is 11.0 Å². The summed E-state index contributed by atoms with van der Waals surface area (Å²) in [4.78, 5) is 44.3. The van der Waals surface area contributed by atoms with E-state index in [0.29, 0.717) is 6.42 Å². The molecule has 2 aliphatic carbocycles. The van der Waals surface area contributed by atoms with E-state index in [9.17, 15) is 32.7 Å². The number of phenolic OH excluding ortho intramolecular Hbond substituents is 1. The number of ether oxygens (including phenoxy) is 1. The van der Waals surface area contributed by atoms with Gasteiger partial charge in [0.1, 0.15) is 0 Å². The molecule has 3 aromatic rings. The fourth-order valence-corrected chi connectivity index (χ4v) is 10.2. The molecule has 2 aromatic carbocycles. The molecule has 1 saturated heterocycles. The van der Waals surface area contributed by atoms with E-state index in [4.69, 9.17) is 4.74 Å². The lowest BCUT2D eigenvalue weighted by Gasteiger charge is -2.43.